The summed E-state index contributed by atoms with van der Waals surface area (Å²) in [5.41, 5.74) is 0.236. The Balaban J connectivity index is 2.24. The highest BCUT2D eigenvalue weighted by molar-refractivity contribution is 9.10. The summed E-state index contributed by atoms with van der Waals surface area (Å²) in [4.78, 5) is 2.13. The molecule has 1 aromatic rings. The molecule has 1 N–H and O–H groups in total. The zero-order valence-electron chi connectivity index (χ0n) is 12.1. The maximum atomic E-state index is 11.0. The van der Waals surface area contributed by atoms with Gasteiger partial charge in [0.2, 0.25) is 0 Å². The first kappa shape index (κ1) is 15.0. The van der Waals surface area contributed by atoms with E-state index in [2.05, 4.69) is 46.9 Å². The molecule has 0 bridgehead atoms. The minimum Gasteiger partial charge on any atom is -0.384 e. The molecule has 0 aromatic carbocycles. The molecule has 2 unspecified atom stereocenters. The second-order valence-corrected chi connectivity index (χ2v) is 6.95. The second kappa shape index (κ2) is 5.94. The zero-order valence-corrected chi connectivity index (χ0v) is 13.7. The van der Waals surface area contributed by atoms with E-state index in [0.29, 0.717) is 5.92 Å². The van der Waals surface area contributed by atoms with Gasteiger partial charge in [-0.05, 0) is 55.2 Å². The predicted molar refractivity (Wildman–Crippen MR) is 80.0 cm³/mol. The lowest BCUT2D eigenvalue weighted by molar-refractivity contribution is -0.0262. The van der Waals surface area contributed by atoms with E-state index in [4.69, 9.17) is 0 Å². The van der Waals surface area contributed by atoms with Gasteiger partial charge in [-0.1, -0.05) is 13.3 Å². The summed E-state index contributed by atoms with van der Waals surface area (Å²) in [7, 11) is 4.10. The third-order valence-electron chi connectivity index (χ3n) is 3.97. The van der Waals surface area contributed by atoms with Gasteiger partial charge in [0.1, 0.15) is 5.60 Å². The van der Waals surface area contributed by atoms with Crippen LogP contribution in [0.15, 0.2) is 10.7 Å². The second-order valence-electron chi connectivity index (χ2n) is 6.10. The minimum atomic E-state index is -0.723. The predicted octanol–water partition coefficient (Wildman–Crippen LogP) is 2.60. The molecule has 0 saturated heterocycles. The first-order valence-corrected chi connectivity index (χ1v) is 7.80. The van der Waals surface area contributed by atoms with Crippen LogP contribution in [0.2, 0.25) is 0 Å². The van der Waals surface area contributed by atoms with Crippen LogP contribution in [0.5, 0.6) is 0 Å². The van der Waals surface area contributed by atoms with Gasteiger partial charge in [-0.2, -0.15) is 5.10 Å². The summed E-state index contributed by atoms with van der Waals surface area (Å²) in [6, 6.07) is 0. The van der Waals surface area contributed by atoms with Crippen molar-refractivity contribution in [2.45, 2.75) is 44.8 Å². The van der Waals surface area contributed by atoms with Gasteiger partial charge in [0.25, 0.3) is 0 Å². The lowest BCUT2D eigenvalue weighted by atomic mass is 9.77. The molecule has 19 heavy (non-hydrogen) atoms. The molecule has 0 radical (unpaired) electrons. The molecule has 1 aliphatic carbocycles. The van der Waals surface area contributed by atoms with Crippen molar-refractivity contribution >= 4 is 15.9 Å². The number of nitrogens with zero attached hydrogens (tertiary/aromatic N) is 3. The molecule has 1 heterocycles. The van der Waals surface area contributed by atoms with Gasteiger partial charge in [-0.25, -0.2) is 0 Å². The van der Waals surface area contributed by atoms with Crippen LogP contribution in [0, 0.1) is 5.92 Å². The van der Waals surface area contributed by atoms with Crippen molar-refractivity contribution in [3.63, 3.8) is 0 Å². The standard InChI is InChI=1S/C14H24BrN3O/c1-11-5-4-6-14(19,9-11)13-12(15)10-16-18(13)8-7-17(2)3/h10-11,19H,4-9H2,1-3H3. The number of hydrogen-bond acceptors (Lipinski definition) is 3. The first-order valence-electron chi connectivity index (χ1n) is 7.01. The number of likely N-dealkylation sites (N-methyl/N-ethyl adjacent to an activating group) is 1. The Morgan fingerprint density at radius 2 is 2.32 bits per heavy atom. The van der Waals surface area contributed by atoms with Crippen molar-refractivity contribution in [2.24, 2.45) is 5.92 Å². The molecule has 0 aliphatic heterocycles. The van der Waals surface area contributed by atoms with E-state index in [0.717, 1.165) is 42.5 Å². The van der Waals surface area contributed by atoms with E-state index >= 15 is 0 Å². The summed E-state index contributed by atoms with van der Waals surface area (Å²) in [5, 5.41) is 15.4. The number of rotatable bonds is 4. The molecule has 0 amide bonds. The van der Waals surface area contributed by atoms with Crippen LogP contribution in [-0.4, -0.2) is 40.4 Å². The van der Waals surface area contributed by atoms with Gasteiger partial charge in [0.15, 0.2) is 0 Å². The van der Waals surface area contributed by atoms with E-state index in [-0.39, 0.29) is 0 Å². The molecule has 1 aromatic heterocycles. The van der Waals surface area contributed by atoms with E-state index in [1.54, 1.807) is 0 Å². The Kier molecular flexibility index (Phi) is 4.69. The van der Waals surface area contributed by atoms with Crippen molar-refractivity contribution in [1.82, 2.24) is 14.7 Å². The average molecular weight is 330 g/mol. The highest BCUT2D eigenvalue weighted by atomic mass is 79.9. The van der Waals surface area contributed by atoms with Crippen LogP contribution < -0.4 is 0 Å². The maximum absolute atomic E-state index is 11.0. The molecular formula is C14H24BrN3O. The van der Waals surface area contributed by atoms with Crippen molar-refractivity contribution in [2.75, 3.05) is 20.6 Å². The molecular weight excluding hydrogens is 306 g/mol. The van der Waals surface area contributed by atoms with Crippen LogP contribution in [0.4, 0.5) is 0 Å². The summed E-state index contributed by atoms with van der Waals surface area (Å²) in [6.07, 6.45) is 5.78. The van der Waals surface area contributed by atoms with Gasteiger partial charge in [0, 0.05) is 6.54 Å². The lowest BCUT2D eigenvalue weighted by Crippen LogP contribution is -2.35. The fourth-order valence-corrected chi connectivity index (χ4v) is 3.69. The SMILES string of the molecule is CC1CCCC(O)(c2c(Br)cnn2CCN(C)C)C1. The van der Waals surface area contributed by atoms with Gasteiger partial charge < -0.3 is 10.0 Å². The molecule has 4 nitrogen and oxygen atoms in total. The topological polar surface area (TPSA) is 41.3 Å². The third kappa shape index (κ3) is 3.38. The number of aromatic nitrogens is 2. The maximum Gasteiger partial charge on any atom is 0.108 e. The van der Waals surface area contributed by atoms with Crippen LogP contribution in [-0.2, 0) is 12.1 Å². The molecule has 108 valence electrons. The molecule has 5 heteroatoms. The Morgan fingerprint density at radius 3 is 2.95 bits per heavy atom. The lowest BCUT2D eigenvalue weighted by Gasteiger charge is -2.36. The fourth-order valence-electron chi connectivity index (χ4n) is 3.03. The third-order valence-corrected chi connectivity index (χ3v) is 4.55. The van der Waals surface area contributed by atoms with E-state index < -0.39 is 5.60 Å². The number of aliphatic hydroxyl groups is 1. The van der Waals surface area contributed by atoms with Crippen molar-refractivity contribution in [3.8, 4) is 0 Å². The monoisotopic (exact) mass is 329 g/mol. The van der Waals surface area contributed by atoms with Gasteiger partial charge in [0.05, 0.1) is 22.9 Å². The molecule has 2 rings (SSSR count). The van der Waals surface area contributed by atoms with Gasteiger partial charge >= 0.3 is 0 Å². The quantitative estimate of drug-likeness (QED) is 0.923. The normalized spacial score (nSPS) is 28.0. The highest BCUT2D eigenvalue weighted by Crippen LogP contribution is 2.42. The highest BCUT2D eigenvalue weighted by Gasteiger charge is 2.38. The Labute approximate surface area is 123 Å². The van der Waals surface area contributed by atoms with E-state index in [1.165, 1.54) is 6.42 Å². The summed E-state index contributed by atoms with van der Waals surface area (Å²) in [6.45, 7) is 3.95. The van der Waals surface area contributed by atoms with E-state index in [1.807, 2.05) is 10.9 Å². The number of halogens is 1. The van der Waals surface area contributed by atoms with Crippen LogP contribution >= 0.6 is 15.9 Å². The Morgan fingerprint density at radius 1 is 1.58 bits per heavy atom. The smallest absolute Gasteiger partial charge is 0.108 e. The molecule has 0 spiro atoms. The Bertz CT molecular complexity index is 432. The molecule has 2 atom stereocenters. The van der Waals surface area contributed by atoms with Crippen LogP contribution in [0.1, 0.15) is 38.3 Å². The zero-order chi connectivity index (χ0) is 14.0. The summed E-state index contributed by atoms with van der Waals surface area (Å²) < 4.78 is 2.89. The average Bonchev–Trinajstić information content (AvgIpc) is 2.68. The number of hydrogen-bond donors (Lipinski definition) is 1. The minimum absolute atomic E-state index is 0.572. The van der Waals surface area contributed by atoms with Crippen molar-refractivity contribution in [3.05, 3.63) is 16.4 Å². The summed E-state index contributed by atoms with van der Waals surface area (Å²) >= 11 is 3.56. The van der Waals surface area contributed by atoms with Gasteiger partial charge in [-0.15, -0.1) is 0 Å². The van der Waals surface area contributed by atoms with Crippen LogP contribution in [0.25, 0.3) is 0 Å². The van der Waals surface area contributed by atoms with Crippen molar-refractivity contribution < 1.29 is 5.11 Å². The fraction of sp³-hybridized carbons (Fsp3) is 0.786. The first-order chi connectivity index (χ1) is 8.92. The summed E-state index contributed by atoms with van der Waals surface area (Å²) in [5.74, 6) is 0.572. The molecule has 1 aliphatic rings. The van der Waals surface area contributed by atoms with Crippen molar-refractivity contribution in [1.29, 1.82) is 0 Å². The van der Waals surface area contributed by atoms with Crippen LogP contribution in [0.3, 0.4) is 0 Å². The van der Waals surface area contributed by atoms with E-state index in [9.17, 15) is 5.11 Å². The van der Waals surface area contributed by atoms with Gasteiger partial charge in [-0.3, -0.25) is 4.68 Å². The largest absolute Gasteiger partial charge is 0.384 e. The Hall–Kier alpha value is -0.390. The molecule has 1 fully saturated rings. The molecule has 1 saturated carbocycles.